The number of hydrogen-bond donors (Lipinski definition) is 1. The van der Waals surface area contributed by atoms with Crippen molar-refractivity contribution in [1.29, 1.82) is 0 Å². The molecule has 0 saturated carbocycles. The Kier molecular flexibility index (Phi) is 3.49. The van der Waals surface area contributed by atoms with Crippen molar-refractivity contribution in [3.8, 4) is 0 Å². The molecule has 2 nitrogen and oxygen atoms in total. The first-order valence-electron chi connectivity index (χ1n) is 6.22. The van der Waals surface area contributed by atoms with Crippen LogP contribution in [0.1, 0.15) is 30.9 Å². The van der Waals surface area contributed by atoms with Crippen molar-refractivity contribution in [2.75, 3.05) is 18.8 Å². The molecule has 1 aliphatic heterocycles. The molecule has 1 aromatic rings. The van der Waals surface area contributed by atoms with Gasteiger partial charge in [0.1, 0.15) is 0 Å². The first-order valence-corrected chi connectivity index (χ1v) is 6.22. The van der Waals surface area contributed by atoms with Gasteiger partial charge in [-0.05, 0) is 56.0 Å². The Bertz CT molecular complexity index is 352. The zero-order valence-corrected chi connectivity index (χ0v) is 10.4. The van der Waals surface area contributed by atoms with Crippen LogP contribution in [0.25, 0.3) is 0 Å². The molecule has 2 rings (SSSR count). The van der Waals surface area contributed by atoms with Crippen molar-refractivity contribution in [2.24, 2.45) is 5.92 Å². The molecule has 0 atom stereocenters. The second-order valence-corrected chi connectivity index (χ2v) is 5.15. The molecule has 0 amide bonds. The van der Waals surface area contributed by atoms with E-state index < -0.39 is 0 Å². The van der Waals surface area contributed by atoms with Crippen LogP contribution in [-0.2, 0) is 6.54 Å². The number of hydrogen-bond acceptors (Lipinski definition) is 2. The lowest BCUT2D eigenvalue weighted by atomic mass is 9.98. The number of aryl methyl sites for hydroxylation is 1. The van der Waals surface area contributed by atoms with Crippen LogP contribution in [0.15, 0.2) is 18.2 Å². The highest BCUT2D eigenvalue weighted by atomic mass is 15.1. The fourth-order valence-corrected chi connectivity index (χ4v) is 2.31. The Morgan fingerprint density at radius 2 is 2.00 bits per heavy atom. The van der Waals surface area contributed by atoms with Crippen molar-refractivity contribution in [1.82, 2.24) is 4.90 Å². The smallest absolute Gasteiger partial charge is 0.0343 e. The van der Waals surface area contributed by atoms with Gasteiger partial charge >= 0.3 is 0 Å². The van der Waals surface area contributed by atoms with E-state index in [0.717, 1.165) is 18.2 Å². The highest BCUT2D eigenvalue weighted by Gasteiger charge is 2.15. The van der Waals surface area contributed by atoms with Crippen LogP contribution in [0.5, 0.6) is 0 Å². The zero-order valence-electron chi connectivity index (χ0n) is 10.4. The molecule has 88 valence electrons. The van der Waals surface area contributed by atoms with Gasteiger partial charge in [0.05, 0.1) is 0 Å². The predicted molar refractivity (Wildman–Crippen MR) is 69.3 cm³/mol. The maximum atomic E-state index is 5.83. The largest absolute Gasteiger partial charge is 0.399 e. The minimum absolute atomic E-state index is 0.899. The van der Waals surface area contributed by atoms with E-state index >= 15 is 0 Å². The van der Waals surface area contributed by atoms with E-state index in [1.807, 2.05) is 6.07 Å². The zero-order chi connectivity index (χ0) is 11.5. The topological polar surface area (TPSA) is 29.3 Å². The van der Waals surface area contributed by atoms with Gasteiger partial charge in [0, 0.05) is 12.2 Å². The fourth-order valence-electron chi connectivity index (χ4n) is 2.31. The molecule has 0 spiro atoms. The average Bonchev–Trinajstić information content (AvgIpc) is 2.27. The molecule has 2 heteroatoms. The molecule has 1 aliphatic rings. The van der Waals surface area contributed by atoms with Crippen LogP contribution < -0.4 is 5.73 Å². The van der Waals surface area contributed by atoms with Crippen molar-refractivity contribution in [3.63, 3.8) is 0 Å². The Morgan fingerprint density at radius 1 is 1.31 bits per heavy atom. The number of anilines is 1. The second-order valence-electron chi connectivity index (χ2n) is 5.15. The molecule has 16 heavy (non-hydrogen) atoms. The molecule has 0 aliphatic carbocycles. The fraction of sp³-hybridized carbons (Fsp3) is 0.571. The number of likely N-dealkylation sites (tertiary alicyclic amines) is 1. The summed E-state index contributed by atoms with van der Waals surface area (Å²) < 4.78 is 0. The van der Waals surface area contributed by atoms with Gasteiger partial charge in [-0.3, -0.25) is 4.90 Å². The van der Waals surface area contributed by atoms with Gasteiger partial charge in [0.2, 0.25) is 0 Å². The van der Waals surface area contributed by atoms with E-state index in [1.165, 1.54) is 37.1 Å². The molecule has 1 aromatic carbocycles. The third-order valence-corrected chi connectivity index (χ3v) is 3.62. The average molecular weight is 218 g/mol. The van der Waals surface area contributed by atoms with Crippen LogP contribution in [0.2, 0.25) is 0 Å². The summed E-state index contributed by atoms with van der Waals surface area (Å²) in [6.45, 7) is 7.99. The summed E-state index contributed by atoms with van der Waals surface area (Å²) in [7, 11) is 0. The van der Waals surface area contributed by atoms with Crippen molar-refractivity contribution >= 4 is 5.69 Å². The lowest BCUT2D eigenvalue weighted by molar-refractivity contribution is 0.185. The van der Waals surface area contributed by atoms with Crippen molar-refractivity contribution in [3.05, 3.63) is 29.3 Å². The lowest BCUT2D eigenvalue weighted by Gasteiger charge is -2.30. The Balaban J connectivity index is 1.96. The monoisotopic (exact) mass is 218 g/mol. The van der Waals surface area contributed by atoms with Gasteiger partial charge < -0.3 is 5.73 Å². The lowest BCUT2D eigenvalue weighted by Crippen LogP contribution is -2.32. The van der Waals surface area contributed by atoms with Crippen LogP contribution in [0.4, 0.5) is 5.69 Å². The molecular weight excluding hydrogens is 196 g/mol. The van der Waals surface area contributed by atoms with Crippen LogP contribution in [0.3, 0.4) is 0 Å². The Morgan fingerprint density at radius 3 is 2.62 bits per heavy atom. The maximum Gasteiger partial charge on any atom is 0.0343 e. The van der Waals surface area contributed by atoms with Crippen molar-refractivity contribution < 1.29 is 0 Å². The summed E-state index contributed by atoms with van der Waals surface area (Å²) in [5, 5.41) is 0. The van der Waals surface area contributed by atoms with Crippen LogP contribution in [0, 0.1) is 12.8 Å². The predicted octanol–water partition coefficient (Wildman–Crippen LogP) is 2.81. The molecule has 0 bridgehead atoms. The summed E-state index contributed by atoms with van der Waals surface area (Å²) in [6.07, 6.45) is 2.68. The molecule has 1 fully saturated rings. The van der Waals surface area contributed by atoms with E-state index in [-0.39, 0.29) is 0 Å². The van der Waals surface area contributed by atoms with Crippen LogP contribution in [-0.4, -0.2) is 18.0 Å². The van der Waals surface area contributed by atoms with Gasteiger partial charge in [0.15, 0.2) is 0 Å². The Hall–Kier alpha value is -1.02. The first kappa shape index (κ1) is 11.5. The normalized spacial score (nSPS) is 18.9. The summed E-state index contributed by atoms with van der Waals surface area (Å²) in [5.74, 6) is 0.907. The highest BCUT2D eigenvalue weighted by Crippen LogP contribution is 2.19. The third-order valence-electron chi connectivity index (χ3n) is 3.62. The van der Waals surface area contributed by atoms with E-state index in [0.29, 0.717) is 0 Å². The van der Waals surface area contributed by atoms with Gasteiger partial charge in [-0.25, -0.2) is 0 Å². The second kappa shape index (κ2) is 4.88. The molecule has 0 aromatic heterocycles. The molecule has 0 unspecified atom stereocenters. The number of nitrogens with two attached hydrogens (primary N) is 1. The first-order chi connectivity index (χ1) is 7.65. The number of piperidine rings is 1. The highest BCUT2D eigenvalue weighted by molar-refractivity contribution is 5.47. The van der Waals surface area contributed by atoms with E-state index in [1.54, 1.807) is 0 Å². The van der Waals surface area contributed by atoms with E-state index in [4.69, 9.17) is 5.73 Å². The quantitative estimate of drug-likeness (QED) is 0.773. The number of nitrogen functional groups attached to an aromatic ring is 1. The van der Waals surface area contributed by atoms with Gasteiger partial charge in [0.25, 0.3) is 0 Å². The number of nitrogens with zero attached hydrogens (tertiary/aromatic N) is 1. The minimum Gasteiger partial charge on any atom is -0.399 e. The van der Waals surface area contributed by atoms with Crippen molar-refractivity contribution in [2.45, 2.75) is 33.2 Å². The summed E-state index contributed by atoms with van der Waals surface area (Å²) in [5.41, 5.74) is 9.31. The number of rotatable bonds is 2. The third kappa shape index (κ3) is 2.76. The van der Waals surface area contributed by atoms with Gasteiger partial charge in [-0.1, -0.05) is 19.1 Å². The molecule has 0 radical (unpaired) electrons. The Labute approximate surface area is 98.4 Å². The molecule has 1 saturated heterocycles. The molecular formula is C14H22N2. The molecule has 1 heterocycles. The standard InChI is InChI=1S/C14H22N2/c1-11-5-7-16(8-6-11)10-13-3-4-14(15)12(2)9-13/h3-4,9,11H,5-8,10,15H2,1-2H3. The summed E-state index contributed by atoms with van der Waals surface area (Å²) in [6, 6.07) is 6.39. The van der Waals surface area contributed by atoms with E-state index in [2.05, 4.69) is 30.9 Å². The maximum absolute atomic E-state index is 5.83. The van der Waals surface area contributed by atoms with Gasteiger partial charge in [-0.2, -0.15) is 0 Å². The van der Waals surface area contributed by atoms with E-state index in [9.17, 15) is 0 Å². The van der Waals surface area contributed by atoms with Crippen LogP contribution >= 0.6 is 0 Å². The number of benzene rings is 1. The SMILES string of the molecule is Cc1cc(CN2CCC(C)CC2)ccc1N. The minimum atomic E-state index is 0.899. The molecule has 2 N–H and O–H groups in total. The summed E-state index contributed by atoms with van der Waals surface area (Å²) >= 11 is 0. The summed E-state index contributed by atoms with van der Waals surface area (Å²) in [4.78, 5) is 2.55. The van der Waals surface area contributed by atoms with Gasteiger partial charge in [-0.15, -0.1) is 0 Å².